The third-order valence-corrected chi connectivity index (χ3v) is 3.08. The first-order valence-electron chi connectivity index (χ1n) is 8.37. The minimum atomic E-state index is 0.567. The minimum absolute atomic E-state index is 0.567. The van der Waals surface area contributed by atoms with Gasteiger partial charge in [0, 0.05) is 18.4 Å². The number of alkyl halides is 1. The fourth-order valence-corrected chi connectivity index (χ4v) is 1.85. The predicted molar refractivity (Wildman–Crippen MR) is 111 cm³/mol. The van der Waals surface area contributed by atoms with Crippen LogP contribution < -0.4 is 20.5 Å². The van der Waals surface area contributed by atoms with E-state index in [4.69, 9.17) is 15.2 Å². The Kier molecular flexibility index (Phi) is 14.9. The Balaban J connectivity index is 0.000000403. The van der Waals surface area contributed by atoms with Gasteiger partial charge in [-0.25, -0.2) is 0 Å². The fourth-order valence-electron chi connectivity index (χ4n) is 1.85. The summed E-state index contributed by atoms with van der Waals surface area (Å²) in [6.45, 7) is 6.61. The van der Waals surface area contributed by atoms with Crippen molar-refractivity contribution >= 4 is 15.9 Å². The summed E-state index contributed by atoms with van der Waals surface area (Å²) in [5, 5.41) is 4.32. The first-order valence-corrected chi connectivity index (χ1v) is 9.49. The van der Waals surface area contributed by atoms with Crippen LogP contribution in [0.15, 0.2) is 48.5 Å². The van der Waals surface area contributed by atoms with Gasteiger partial charge in [0.1, 0.15) is 11.5 Å². The lowest BCUT2D eigenvalue weighted by molar-refractivity contribution is 0.414. The number of ether oxygens (including phenoxy) is 2. The van der Waals surface area contributed by atoms with Gasteiger partial charge in [0.25, 0.3) is 0 Å². The van der Waals surface area contributed by atoms with E-state index in [1.165, 1.54) is 5.56 Å². The van der Waals surface area contributed by atoms with Crippen molar-refractivity contribution < 1.29 is 9.47 Å². The lowest BCUT2D eigenvalue weighted by atomic mass is 10.2. The number of hydrogen-bond acceptors (Lipinski definition) is 4. The summed E-state index contributed by atoms with van der Waals surface area (Å²) in [6, 6.07) is 15.8. The highest BCUT2D eigenvalue weighted by Gasteiger charge is 1.93. The first kappa shape index (κ1) is 23.4. The Morgan fingerprint density at radius 1 is 0.920 bits per heavy atom. The van der Waals surface area contributed by atoms with Gasteiger partial charge >= 0.3 is 0 Å². The highest BCUT2D eigenvalue weighted by Crippen LogP contribution is 2.12. The Hall–Kier alpha value is -1.56. The molecule has 2 aromatic rings. The van der Waals surface area contributed by atoms with Crippen LogP contribution in [-0.2, 0) is 13.1 Å². The fraction of sp³-hybridized carbons (Fsp3) is 0.400. The number of rotatable bonds is 6. The van der Waals surface area contributed by atoms with Crippen LogP contribution in [0.25, 0.3) is 0 Å². The number of halogens is 1. The molecule has 4 nitrogen and oxygen atoms in total. The molecule has 0 bridgehead atoms. The lowest BCUT2D eigenvalue weighted by Crippen LogP contribution is -2.11. The number of hydrogen-bond donors (Lipinski definition) is 2. The van der Waals surface area contributed by atoms with Gasteiger partial charge in [0.05, 0.1) is 14.2 Å². The van der Waals surface area contributed by atoms with Gasteiger partial charge in [-0.3, -0.25) is 0 Å². The molecule has 0 spiro atoms. The zero-order valence-electron chi connectivity index (χ0n) is 15.7. The standard InChI is InChI=1S/C10H15NO.C8H11NO.C2H5Br/c1-3-11-8-9-5-4-6-10(7-9)12-2;1-10-8-4-2-3-7(5-8)6-9;1-2-3/h4-7,11H,3,8H2,1-2H3;2-5H,6,9H2,1H3;2H2,1H3. The second kappa shape index (κ2) is 15.9. The predicted octanol–water partition coefficient (Wildman–Crippen LogP) is 4.36. The van der Waals surface area contributed by atoms with Crippen molar-refractivity contribution in [3.05, 3.63) is 59.7 Å². The van der Waals surface area contributed by atoms with Crippen molar-refractivity contribution in [3.63, 3.8) is 0 Å². The van der Waals surface area contributed by atoms with Crippen LogP contribution >= 0.6 is 15.9 Å². The summed E-state index contributed by atoms with van der Waals surface area (Å²) in [5.74, 6) is 1.79. The summed E-state index contributed by atoms with van der Waals surface area (Å²) in [7, 11) is 3.34. The van der Waals surface area contributed by atoms with E-state index in [1.54, 1.807) is 14.2 Å². The zero-order valence-corrected chi connectivity index (χ0v) is 17.3. The second-order valence-electron chi connectivity index (χ2n) is 4.95. The molecule has 5 heteroatoms. The average molecular weight is 411 g/mol. The van der Waals surface area contributed by atoms with Crippen LogP contribution in [0.2, 0.25) is 0 Å². The van der Waals surface area contributed by atoms with Gasteiger partial charge in [0.2, 0.25) is 0 Å². The van der Waals surface area contributed by atoms with Gasteiger partial charge in [-0.2, -0.15) is 0 Å². The topological polar surface area (TPSA) is 56.5 Å². The summed E-state index contributed by atoms with van der Waals surface area (Å²) in [6.07, 6.45) is 0. The van der Waals surface area contributed by atoms with Crippen LogP contribution in [0, 0.1) is 0 Å². The molecule has 0 saturated heterocycles. The molecule has 2 aromatic carbocycles. The third kappa shape index (κ3) is 11.6. The second-order valence-corrected chi connectivity index (χ2v) is 6.08. The average Bonchev–Trinajstić information content (AvgIpc) is 2.67. The number of benzene rings is 2. The molecule has 0 amide bonds. The van der Waals surface area contributed by atoms with Gasteiger partial charge < -0.3 is 20.5 Å². The molecule has 0 fully saturated rings. The summed E-state index contributed by atoms with van der Waals surface area (Å²) < 4.78 is 10.1. The van der Waals surface area contributed by atoms with Gasteiger partial charge in [-0.05, 0) is 41.9 Å². The van der Waals surface area contributed by atoms with Gasteiger partial charge in [0.15, 0.2) is 0 Å². The zero-order chi connectivity index (χ0) is 18.9. The van der Waals surface area contributed by atoms with Crippen LogP contribution in [0.4, 0.5) is 0 Å². The van der Waals surface area contributed by atoms with E-state index in [9.17, 15) is 0 Å². The SMILES string of the molecule is CCBr.CCNCc1cccc(OC)c1.COc1cccc(CN)c1. The van der Waals surface area contributed by atoms with E-state index >= 15 is 0 Å². The summed E-state index contributed by atoms with van der Waals surface area (Å²) in [5.41, 5.74) is 7.77. The molecule has 0 saturated carbocycles. The molecule has 0 atom stereocenters. The monoisotopic (exact) mass is 410 g/mol. The molecule has 2 rings (SSSR count). The van der Waals surface area contributed by atoms with E-state index in [0.717, 1.165) is 35.5 Å². The summed E-state index contributed by atoms with van der Waals surface area (Å²) >= 11 is 3.15. The van der Waals surface area contributed by atoms with Crippen molar-refractivity contribution in [1.82, 2.24) is 5.32 Å². The molecule has 0 aliphatic carbocycles. The molecular weight excluding hydrogens is 380 g/mol. The summed E-state index contributed by atoms with van der Waals surface area (Å²) in [4.78, 5) is 0. The molecule has 0 heterocycles. The van der Waals surface area contributed by atoms with E-state index in [0.29, 0.717) is 6.54 Å². The first-order chi connectivity index (χ1) is 12.1. The number of methoxy groups -OCH3 is 2. The van der Waals surface area contributed by atoms with Crippen molar-refractivity contribution in [3.8, 4) is 11.5 Å². The number of nitrogens with one attached hydrogen (secondary N) is 1. The molecular formula is C20H31BrN2O2. The van der Waals surface area contributed by atoms with Crippen LogP contribution in [0.3, 0.4) is 0 Å². The van der Waals surface area contributed by atoms with Crippen molar-refractivity contribution in [2.75, 3.05) is 26.1 Å². The van der Waals surface area contributed by atoms with Crippen LogP contribution in [-0.4, -0.2) is 26.1 Å². The highest BCUT2D eigenvalue weighted by atomic mass is 79.9. The van der Waals surface area contributed by atoms with Gasteiger partial charge in [-0.15, -0.1) is 0 Å². The maximum Gasteiger partial charge on any atom is 0.119 e. The molecule has 0 aliphatic rings. The van der Waals surface area contributed by atoms with Crippen LogP contribution in [0.1, 0.15) is 25.0 Å². The maximum atomic E-state index is 5.42. The smallest absolute Gasteiger partial charge is 0.119 e. The molecule has 0 aliphatic heterocycles. The minimum Gasteiger partial charge on any atom is -0.497 e. The molecule has 25 heavy (non-hydrogen) atoms. The third-order valence-electron chi connectivity index (χ3n) is 3.08. The van der Waals surface area contributed by atoms with Gasteiger partial charge in [-0.1, -0.05) is 54.0 Å². The number of nitrogens with two attached hydrogens (primary N) is 1. The highest BCUT2D eigenvalue weighted by molar-refractivity contribution is 9.09. The van der Waals surface area contributed by atoms with Crippen molar-refractivity contribution in [2.24, 2.45) is 5.73 Å². The molecule has 0 radical (unpaired) electrons. The quantitative estimate of drug-likeness (QED) is 0.694. The van der Waals surface area contributed by atoms with E-state index in [-0.39, 0.29) is 0 Å². The van der Waals surface area contributed by atoms with E-state index < -0.39 is 0 Å². The van der Waals surface area contributed by atoms with E-state index in [1.807, 2.05) is 49.4 Å². The van der Waals surface area contributed by atoms with Crippen LogP contribution in [0.5, 0.6) is 11.5 Å². The Bertz CT molecular complexity index is 546. The largest absolute Gasteiger partial charge is 0.497 e. The Morgan fingerprint density at radius 2 is 1.40 bits per heavy atom. The maximum absolute atomic E-state index is 5.42. The Morgan fingerprint density at radius 3 is 1.84 bits per heavy atom. The Labute approximate surface area is 160 Å². The molecule has 0 aromatic heterocycles. The lowest BCUT2D eigenvalue weighted by Gasteiger charge is -2.04. The molecule has 0 unspecified atom stereocenters. The van der Waals surface area contributed by atoms with E-state index in [2.05, 4.69) is 34.2 Å². The molecule has 140 valence electrons. The normalized spacial score (nSPS) is 9.20. The molecule has 3 N–H and O–H groups in total. The van der Waals surface area contributed by atoms with Crippen molar-refractivity contribution in [1.29, 1.82) is 0 Å². The van der Waals surface area contributed by atoms with Crippen molar-refractivity contribution in [2.45, 2.75) is 26.9 Å².